The van der Waals surface area contributed by atoms with Gasteiger partial charge in [-0.25, -0.2) is 9.97 Å². The summed E-state index contributed by atoms with van der Waals surface area (Å²) < 4.78 is 4.85. The molecule has 0 spiro atoms. The van der Waals surface area contributed by atoms with Crippen LogP contribution in [0.15, 0.2) is 206 Å². The first-order valence-corrected chi connectivity index (χ1v) is 19.0. The maximum Gasteiger partial charge on any atom is 0.160 e. The lowest BCUT2D eigenvalue weighted by Crippen LogP contribution is -1.97. The molecule has 0 radical (unpaired) electrons. The predicted octanol–water partition coefficient (Wildman–Crippen LogP) is 13.3. The number of nitrogens with zero attached hydrogens (tertiary/aromatic N) is 4. The summed E-state index contributed by atoms with van der Waals surface area (Å²) in [7, 11) is 0. The summed E-state index contributed by atoms with van der Waals surface area (Å²) in [6.07, 6.45) is 0. The van der Waals surface area contributed by atoms with Crippen LogP contribution >= 0.6 is 0 Å². The van der Waals surface area contributed by atoms with Crippen molar-refractivity contribution in [3.63, 3.8) is 0 Å². The second kappa shape index (κ2) is 13.1. The Bertz CT molecular complexity index is 3140. The van der Waals surface area contributed by atoms with E-state index in [2.05, 4.69) is 191 Å². The van der Waals surface area contributed by atoms with E-state index in [4.69, 9.17) is 9.97 Å². The number of fused-ring (bicyclic) bond motifs is 7. The zero-order valence-corrected chi connectivity index (χ0v) is 30.4. The first-order valence-electron chi connectivity index (χ1n) is 19.0. The summed E-state index contributed by atoms with van der Waals surface area (Å²) in [4.78, 5) is 10.1. The summed E-state index contributed by atoms with van der Waals surface area (Å²) in [5, 5.41) is 4.91. The van der Waals surface area contributed by atoms with Gasteiger partial charge in [-0.3, -0.25) is 0 Å². The number of para-hydroxylation sites is 2. The van der Waals surface area contributed by atoms with Gasteiger partial charge in [0.25, 0.3) is 0 Å². The fourth-order valence-electron chi connectivity index (χ4n) is 8.34. The van der Waals surface area contributed by atoms with Crippen molar-refractivity contribution in [3.05, 3.63) is 206 Å². The second-order valence-electron chi connectivity index (χ2n) is 14.2. The van der Waals surface area contributed by atoms with Gasteiger partial charge in [0, 0.05) is 49.6 Å². The lowest BCUT2D eigenvalue weighted by molar-refractivity contribution is 1.17. The molecule has 56 heavy (non-hydrogen) atoms. The molecule has 0 aliphatic rings. The van der Waals surface area contributed by atoms with Crippen LogP contribution in [-0.2, 0) is 0 Å². The molecule has 0 saturated heterocycles. The molecule has 11 aromatic rings. The Labute approximate surface area is 324 Å². The Hall–Kier alpha value is -7.56. The highest BCUT2D eigenvalue weighted by Crippen LogP contribution is 2.43. The van der Waals surface area contributed by atoms with E-state index in [9.17, 15) is 0 Å². The Morgan fingerprint density at radius 1 is 0.304 bits per heavy atom. The van der Waals surface area contributed by atoms with Crippen molar-refractivity contribution in [1.29, 1.82) is 0 Å². The third-order valence-corrected chi connectivity index (χ3v) is 10.9. The molecule has 0 aliphatic carbocycles. The largest absolute Gasteiger partial charge is 0.309 e. The lowest BCUT2D eigenvalue weighted by atomic mass is 10.0. The smallest absolute Gasteiger partial charge is 0.160 e. The summed E-state index contributed by atoms with van der Waals surface area (Å²) in [5.41, 5.74) is 14.2. The Balaban J connectivity index is 1.15. The highest BCUT2D eigenvalue weighted by atomic mass is 15.0. The van der Waals surface area contributed by atoms with Crippen molar-refractivity contribution in [2.45, 2.75) is 0 Å². The van der Waals surface area contributed by atoms with E-state index < -0.39 is 0 Å². The first-order chi connectivity index (χ1) is 27.8. The zero-order chi connectivity index (χ0) is 37.0. The quantitative estimate of drug-likeness (QED) is 0.172. The van der Waals surface area contributed by atoms with Crippen LogP contribution in [0.5, 0.6) is 0 Å². The van der Waals surface area contributed by atoms with Crippen LogP contribution < -0.4 is 0 Å². The third kappa shape index (κ3) is 5.23. The SMILES string of the molecule is c1ccc(-c2ccc3c(c2)c2ccc4c(c5ccccc5n4-c4ccccc4)c2n3-c2ccc(-c3cc(-c4ccccc4)nc(-c4ccccc4)n3)cc2)cc1. The molecule has 0 saturated carbocycles. The molecule has 3 aromatic heterocycles. The molecular weight excluding hydrogens is 681 g/mol. The Kier molecular flexibility index (Phi) is 7.46. The van der Waals surface area contributed by atoms with Gasteiger partial charge in [-0.2, -0.15) is 0 Å². The van der Waals surface area contributed by atoms with Gasteiger partial charge in [-0.15, -0.1) is 0 Å². The highest BCUT2D eigenvalue weighted by Gasteiger charge is 2.21. The molecule has 4 nitrogen and oxygen atoms in total. The Morgan fingerprint density at radius 2 is 0.821 bits per heavy atom. The maximum atomic E-state index is 5.12. The van der Waals surface area contributed by atoms with Crippen LogP contribution in [-0.4, -0.2) is 19.1 Å². The molecule has 0 unspecified atom stereocenters. The van der Waals surface area contributed by atoms with Gasteiger partial charge in [0.2, 0.25) is 0 Å². The van der Waals surface area contributed by atoms with Gasteiger partial charge >= 0.3 is 0 Å². The van der Waals surface area contributed by atoms with Crippen LogP contribution in [0.1, 0.15) is 0 Å². The van der Waals surface area contributed by atoms with E-state index in [1.807, 2.05) is 24.3 Å². The summed E-state index contributed by atoms with van der Waals surface area (Å²) in [6.45, 7) is 0. The minimum absolute atomic E-state index is 0.708. The van der Waals surface area contributed by atoms with Gasteiger partial charge in [0.05, 0.1) is 33.5 Å². The number of benzene rings is 8. The highest BCUT2D eigenvalue weighted by molar-refractivity contribution is 6.26. The number of hydrogen-bond donors (Lipinski definition) is 0. The second-order valence-corrected chi connectivity index (χ2v) is 14.2. The van der Waals surface area contributed by atoms with Crippen LogP contribution in [0.2, 0.25) is 0 Å². The fraction of sp³-hybridized carbons (Fsp3) is 0. The third-order valence-electron chi connectivity index (χ3n) is 10.9. The molecule has 4 heteroatoms. The van der Waals surface area contributed by atoms with Gasteiger partial charge in [-0.1, -0.05) is 152 Å². The van der Waals surface area contributed by atoms with E-state index in [0.717, 1.165) is 45.0 Å². The predicted molar refractivity (Wildman–Crippen MR) is 232 cm³/mol. The standard InChI is InChI=1S/C52H34N4/c1-5-15-35(16-6-1)39-27-31-48-44(33-39)42-30-32-49-50(43-23-13-14-24-47(43)55(49)40-21-11-4-12-22-40)51(42)56(48)41-28-25-37(26-29-41)46-34-45(36-17-7-2-8-18-36)53-52(54-46)38-19-9-3-10-20-38/h1-34H. The van der Waals surface area contributed by atoms with Crippen LogP contribution in [0.25, 0.3) is 100 Å². The van der Waals surface area contributed by atoms with Crippen LogP contribution in [0.3, 0.4) is 0 Å². The van der Waals surface area contributed by atoms with Crippen molar-refractivity contribution in [1.82, 2.24) is 19.1 Å². The molecule has 0 bridgehead atoms. The summed E-state index contributed by atoms with van der Waals surface area (Å²) in [5.74, 6) is 0.708. The van der Waals surface area contributed by atoms with Gasteiger partial charge in [-0.05, 0) is 65.7 Å². The fourth-order valence-corrected chi connectivity index (χ4v) is 8.34. The minimum Gasteiger partial charge on any atom is -0.309 e. The molecule has 8 aromatic carbocycles. The van der Waals surface area contributed by atoms with Gasteiger partial charge in [0.1, 0.15) is 0 Å². The lowest BCUT2D eigenvalue weighted by Gasteiger charge is -2.12. The minimum atomic E-state index is 0.708. The number of aromatic nitrogens is 4. The summed E-state index contributed by atoms with van der Waals surface area (Å²) >= 11 is 0. The van der Waals surface area contributed by atoms with Gasteiger partial charge in [0.15, 0.2) is 5.82 Å². The number of hydrogen-bond acceptors (Lipinski definition) is 2. The van der Waals surface area contributed by atoms with E-state index in [1.165, 1.54) is 49.2 Å². The molecule has 0 N–H and O–H groups in total. The molecular formula is C52H34N4. The van der Waals surface area contributed by atoms with Crippen molar-refractivity contribution in [2.75, 3.05) is 0 Å². The van der Waals surface area contributed by atoms with E-state index in [1.54, 1.807) is 0 Å². The molecule has 262 valence electrons. The molecule has 0 amide bonds. The average Bonchev–Trinajstić information content (AvgIpc) is 3.80. The zero-order valence-electron chi connectivity index (χ0n) is 30.4. The normalized spacial score (nSPS) is 11.6. The van der Waals surface area contributed by atoms with Crippen LogP contribution in [0, 0.1) is 0 Å². The van der Waals surface area contributed by atoms with Crippen molar-refractivity contribution in [2.24, 2.45) is 0 Å². The van der Waals surface area contributed by atoms with E-state index in [0.29, 0.717) is 5.82 Å². The monoisotopic (exact) mass is 714 g/mol. The first kappa shape index (κ1) is 31.9. The number of rotatable bonds is 6. The average molecular weight is 715 g/mol. The van der Waals surface area contributed by atoms with Gasteiger partial charge < -0.3 is 9.13 Å². The summed E-state index contributed by atoms with van der Waals surface area (Å²) in [6, 6.07) is 73.2. The molecule has 11 rings (SSSR count). The Morgan fingerprint density at radius 3 is 1.52 bits per heavy atom. The van der Waals surface area contributed by atoms with Crippen LogP contribution in [0.4, 0.5) is 0 Å². The molecule has 3 heterocycles. The van der Waals surface area contributed by atoms with Crippen molar-refractivity contribution in [3.8, 4) is 56.4 Å². The molecule has 0 fully saturated rings. The molecule has 0 atom stereocenters. The topological polar surface area (TPSA) is 35.6 Å². The van der Waals surface area contributed by atoms with Crippen molar-refractivity contribution < 1.29 is 0 Å². The maximum absolute atomic E-state index is 5.12. The van der Waals surface area contributed by atoms with E-state index >= 15 is 0 Å². The van der Waals surface area contributed by atoms with E-state index in [-0.39, 0.29) is 0 Å². The van der Waals surface area contributed by atoms with Crippen molar-refractivity contribution >= 4 is 43.6 Å². The molecule has 0 aliphatic heterocycles.